The molecule has 2 N–H and O–H groups in total. The Kier molecular flexibility index (Phi) is 3.84. The third kappa shape index (κ3) is 3.19. The highest BCUT2D eigenvalue weighted by Crippen LogP contribution is 2.33. The maximum Gasteiger partial charge on any atom is 0.223 e. The summed E-state index contributed by atoms with van der Waals surface area (Å²) in [4.78, 5) is 8.67. The molecule has 1 fully saturated rings. The molecule has 0 aromatic carbocycles. The molecule has 6 heteroatoms. The second-order valence-electron chi connectivity index (χ2n) is 5.47. The number of hydrogen-bond donors (Lipinski definition) is 2. The van der Waals surface area contributed by atoms with Crippen molar-refractivity contribution in [3.8, 4) is 6.07 Å². The predicted molar refractivity (Wildman–Crippen MR) is 84.9 cm³/mol. The van der Waals surface area contributed by atoms with Gasteiger partial charge >= 0.3 is 0 Å². The van der Waals surface area contributed by atoms with Gasteiger partial charge in [0.1, 0.15) is 11.6 Å². The molecule has 5 nitrogen and oxygen atoms in total. The second-order valence-corrected chi connectivity index (χ2v) is 6.35. The molecule has 1 aromatic rings. The number of nitriles is 1. The average Bonchev–Trinajstić information content (AvgIpc) is 3.14. The van der Waals surface area contributed by atoms with Crippen LogP contribution >= 0.6 is 11.8 Å². The summed E-state index contributed by atoms with van der Waals surface area (Å²) in [5.74, 6) is 1.01. The fraction of sp³-hybridized carbons (Fsp3) is 0.400. The maximum atomic E-state index is 9.48. The minimum atomic E-state index is 0.410. The van der Waals surface area contributed by atoms with Gasteiger partial charge in [-0.15, -0.1) is 0 Å². The van der Waals surface area contributed by atoms with Crippen LogP contribution in [-0.4, -0.2) is 16.0 Å². The number of allylic oxidation sites excluding steroid dienone is 2. The minimum Gasteiger partial charge on any atom is -0.352 e. The highest BCUT2D eigenvalue weighted by Gasteiger charge is 2.23. The zero-order valence-corrected chi connectivity index (χ0v) is 12.9. The van der Waals surface area contributed by atoms with Gasteiger partial charge in [0.05, 0.1) is 10.7 Å². The van der Waals surface area contributed by atoms with Crippen molar-refractivity contribution < 1.29 is 0 Å². The third-order valence-electron chi connectivity index (χ3n) is 3.34. The van der Waals surface area contributed by atoms with E-state index in [-0.39, 0.29) is 0 Å². The van der Waals surface area contributed by atoms with Crippen LogP contribution in [0.25, 0.3) is 5.57 Å². The Balaban J connectivity index is 1.85. The Morgan fingerprint density at radius 3 is 2.95 bits per heavy atom. The van der Waals surface area contributed by atoms with Crippen LogP contribution in [-0.2, 0) is 0 Å². The van der Waals surface area contributed by atoms with Crippen LogP contribution in [0.1, 0.15) is 32.4 Å². The molecule has 0 unspecified atom stereocenters. The molecule has 1 aliphatic heterocycles. The van der Waals surface area contributed by atoms with Crippen LogP contribution < -0.4 is 10.6 Å². The fourth-order valence-corrected chi connectivity index (χ4v) is 2.94. The van der Waals surface area contributed by atoms with E-state index in [2.05, 4.69) is 45.9 Å². The van der Waals surface area contributed by atoms with Crippen LogP contribution in [0.5, 0.6) is 0 Å². The molecule has 0 saturated heterocycles. The summed E-state index contributed by atoms with van der Waals surface area (Å²) in [6.07, 6.45) is 4.03. The van der Waals surface area contributed by atoms with Gasteiger partial charge in [0.2, 0.25) is 5.95 Å². The number of aromatic nitrogens is 2. The van der Waals surface area contributed by atoms with E-state index in [9.17, 15) is 5.26 Å². The summed E-state index contributed by atoms with van der Waals surface area (Å²) in [6, 6.07) is 4.53. The molecule has 21 heavy (non-hydrogen) atoms. The quantitative estimate of drug-likeness (QED) is 0.832. The zero-order chi connectivity index (χ0) is 14.8. The van der Waals surface area contributed by atoms with Gasteiger partial charge < -0.3 is 10.6 Å². The van der Waals surface area contributed by atoms with E-state index < -0.39 is 0 Å². The fourth-order valence-electron chi connectivity index (χ4n) is 1.92. The summed E-state index contributed by atoms with van der Waals surface area (Å²) in [5.41, 5.74) is 2.35. The molecule has 0 spiro atoms. The molecule has 0 bridgehead atoms. The lowest BCUT2D eigenvalue weighted by Gasteiger charge is -2.10. The lowest BCUT2D eigenvalue weighted by atomic mass is 10.1. The molecule has 108 valence electrons. The summed E-state index contributed by atoms with van der Waals surface area (Å²) < 4.78 is 0. The van der Waals surface area contributed by atoms with Crippen molar-refractivity contribution in [2.24, 2.45) is 5.92 Å². The summed E-state index contributed by atoms with van der Waals surface area (Å²) >= 11 is 1.54. The Morgan fingerprint density at radius 1 is 1.52 bits per heavy atom. The Labute approximate surface area is 128 Å². The van der Waals surface area contributed by atoms with Crippen molar-refractivity contribution in [2.75, 3.05) is 5.32 Å². The zero-order valence-electron chi connectivity index (χ0n) is 12.1. The average molecular weight is 299 g/mol. The number of thioether (sulfide) groups is 1. The van der Waals surface area contributed by atoms with Gasteiger partial charge in [0.25, 0.3) is 0 Å². The Bertz CT molecular complexity index is 652. The molecule has 2 heterocycles. The van der Waals surface area contributed by atoms with Gasteiger partial charge in [-0.2, -0.15) is 5.26 Å². The van der Waals surface area contributed by atoms with Gasteiger partial charge in [-0.25, -0.2) is 9.97 Å². The van der Waals surface area contributed by atoms with Crippen LogP contribution in [0, 0.1) is 17.2 Å². The number of nitrogens with one attached hydrogen (secondary N) is 2. The van der Waals surface area contributed by atoms with Crippen LogP contribution in [0.15, 0.2) is 28.4 Å². The van der Waals surface area contributed by atoms with Gasteiger partial charge in [0, 0.05) is 17.9 Å². The molecule has 0 atom stereocenters. The van der Waals surface area contributed by atoms with Crippen molar-refractivity contribution in [2.45, 2.75) is 32.7 Å². The number of hydrogen-bond acceptors (Lipinski definition) is 6. The molecule has 0 radical (unpaired) electrons. The molecular formula is C15H17N5S. The van der Waals surface area contributed by atoms with Crippen molar-refractivity contribution in [1.82, 2.24) is 15.3 Å². The standard InChI is InChI=1S/C15H17N5S/c1-9(2)13-8-21-14(19-13)11(7-16)12-5-6-17-15(20-12)18-10-3-4-10/h5-6,8-10,19H,3-4H2,1-2H3,(H,17,18,20)/b14-11-. The third-order valence-corrected chi connectivity index (χ3v) is 4.26. The van der Waals surface area contributed by atoms with Gasteiger partial charge in [-0.3, -0.25) is 0 Å². The van der Waals surface area contributed by atoms with E-state index in [1.54, 1.807) is 24.0 Å². The highest BCUT2D eigenvalue weighted by molar-refractivity contribution is 8.06. The Morgan fingerprint density at radius 2 is 2.33 bits per heavy atom. The number of rotatable bonds is 4. The Hall–Kier alpha value is -2.00. The van der Waals surface area contributed by atoms with Gasteiger partial charge in [0.15, 0.2) is 0 Å². The predicted octanol–water partition coefficient (Wildman–Crippen LogP) is 3.08. The van der Waals surface area contributed by atoms with Crippen molar-refractivity contribution >= 4 is 23.3 Å². The van der Waals surface area contributed by atoms with E-state index >= 15 is 0 Å². The van der Waals surface area contributed by atoms with Crippen molar-refractivity contribution in [1.29, 1.82) is 5.26 Å². The number of anilines is 1. The van der Waals surface area contributed by atoms with E-state index in [0.717, 1.165) is 10.7 Å². The first-order valence-electron chi connectivity index (χ1n) is 7.05. The smallest absolute Gasteiger partial charge is 0.223 e. The number of nitrogens with zero attached hydrogens (tertiary/aromatic N) is 3. The van der Waals surface area contributed by atoms with Crippen LogP contribution in [0.2, 0.25) is 0 Å². The summed E-state index contributed by atoms with van der Waals surface area (Å²) in [6.45, 7) is 4.24. The largest absolute Gasteiger partial charge is 0.352 e. The molecular weight excluding hydrogens is 282 g/mol. The minimum absolute atomic E-state index is 0.410. The molecule has 1 saturated carbocycles. The van der Waals surface area contributed by atoms with E-state index in [0.29, 0.717) is 29.2 Å². The normalized spacial score (nSPS) is 19.8. The van der Waals surface area contributed by atoms with E-state index in [4.69, 9.17) is 0 Å². The first kappa shape index (κ1) is 14.0. The van der Waals surface area contributed by atoms with Crippen molar-refractivity contribution in [3.05, 3.63) is 34.1 Å². The van der Waals surface area contributed by atoms with Crippen LogP contribution in [0.4, 0.5) is 5.95 Å². The van der Waals surface area contributed by atoms with Gasteiger partial charge in [-0.1, -0.05) is 25.6 Å². The summed E-state index contributed by atoms with van der Waals surface area (Å²) in [5, 5.41) is 19.0. The van der Waals surface area contributed by atoms with Crippen LogP contribution in [0.3, 0.4) is 0 Å². The van der Waals surface area contributed by atoms with E-state index in [1.165, 1.54) is 12.8 Å². The molecule has 1 aliphatic carbocycles. The SMILES string of the molecule is CC(C)C1=CS/C(=C(/C#N)c2ccnc(NC3CC3)n2)N1. The van der Waals surface area contributed by atoms with Crippen molar-refractivity contribution in [3.63, 3.8) is 0 Å². The lowest BCUT2D eigenvalue weighted by molar-refractivity contribution is 0.719. The first-order chi connectivity index (χ1) is 10.2. The first-order valence-corrected chi connectivity index (χ1v) is 7.93. The highest BCUT2D eigenvalue weighted by atomic mass is 32.2. The van der Waals surface area contributed by atoms with E-state index in [1.807, 2.05) is 0 Å². The topological polar surface area (TPSA) is 73.6 Å². The lowest BCUT2D eigenvalue weighted by Crippen LogP contribution is -2.12. The molecule has 3 rings (SSSR count). The monoisotopic (exact) mass is 299 g/mol. The van der Waals surface area contributed by atoms with Gasteiger partial charge in [-0.05, 0) is 30.2 Å². The molecule has 2 aliphatic rings. The second kappa shape index (κ2) is 5.78. The summed E-state index contributed by atoms with van der Waals surface area (Å²) in [7, 11) is 0. The molecule has 1 aromatic heterocycles. The maximum absolute atomic E-state index is 9.48. The molecule has 0 amide bonds.